The van der Waals surface area contributed by atoms with Gasteiger partial charge >= 0.3 is 6.03 Å². The van der Waals surface area contributed by atoms with Crippen LogP contribution in [0.25, 0.3) is 0 Å². The van der Waals surface area contributed by atoms with Gasteiger partial charge in [-0.15, -0.1) is 0 Å². The first-order valence-electron chi connectivity index (χ1n) is 5.86. The molecule has 0 aliphatic heterocycles. The van der Waals surface area contributed by atoms with E-state index < -0.39 is 10.8 Å². The van der Waals surface area contributed by atoms with Crippen molar-refractivity contribution < 1.29 is 9.00 Å². The van der Waals surface area contributed by atoms with Gasteiger partial charge < -0.3 is 10.6 Å². The molecular weight excluding hydrogens is 224 g/mol. The SMILES string of the molecule is CC(C)NC(=O)NCCCCCC[S@](C)=O. The zero-order valence-corrected chi connectivity index (χ0v) is 11.4. The van der Waals surface area contributed by atoms with Crippen molar-refractivity contribution in [2.24, 2.45) is 0 Å². The lowest BCUT2D eigenvalue weighted by atomic mass is 10.2. The average molecular weight is 248 g/mol. The van der Waals surface area contributed by atoms with E-state index in [0.29, 0.717) is 6.54 Å². The highest BCUT2D eigenvalue weighted by Gasteiger charge is 2.00. The largest absolute Gasteiger partial charge is 0.338 e. The lowest BCUT2D eigenvalue weighted by Gasteiger charge is -2.09. The van der Waals surface area contributed by atoms with Gasteiger partial charge in [-0.3, -0.25) is 4.21 Å². The molecule has 0 rings (SSSR count). The van der Waals surface area contributed by atoms with Crippen LogP contribution in [0.5, 0.6) is 0 Å². The summed E-state index contributed by atoms with van der Waals surface area (Å²) < 4.78 is 10.8. The van der Waals surface area contributed by atoms with Crippen LogP contribution in [0.15, 0.2) is 0 Å². The Morgan fingerprint density at radius 2 is 1.81 bits per heavy atom. The molecule has 0 aliphatic rings. The van der Waals surface area contributed by atoms with Crippen molar-refractivity contribution in [1.29, 1.82) is 0 Å². The summed E-state index contributed by atoms with van der Waals surface area (Å²) >= 11 is 0. The summed E-state index contributed by atoms with van der Waals surface area (Å²) in [6, 6.07) is 0.0872. The number of urea groups is 1. The average Bonchev–Trinajstić information content (AvgIpc) is 2.14. The summed E-state index contributed by atoms with van der Waals surface area (Å²) in [5.74, 6) is 0.793. The van der Waals surface area contributed by atoms with Crippen molar-refractivity contribution in [3.8, 4) is 0 Å². The van der Waals surface area contributed by atoms with Crippen LogP contribution >= 0.6 is 0 Å². The number of rotatable bonds is 8. The normalized spacial score (nSPS) is 12.5. The highest BCUT2D eigenvalue weighted by atomic mass is 32.2. The molecule has 0 unspecified atom stereocenters. The lowest BCUT2D eigenvalue weighted by molar-refractivity contribution is 0.238. The van der Waals surface area contributed by atoms with Crippen LogP contribution in [0.2, 0.25) is 0 Å². The molecule has 2 N–H and O–H groups in total. The van der Waals surface area contributed by atoms with Gasteiger partial charge in [0.05, 0.1) is 0 Å². The van der Waals surface area contributed by atoms with Gasteiger partial charge in [0.2, 0.25) is 0 Å². The van der Waals surface area contributed by atoms with E-state index in [1.807, 2.05) is 13.8 Å². The number of carbonyl (C=O) groups excluding carboxylic acids is 1. The van der Waals surface area contributed by atoms with E-state index in [1.165, 1.54) is 0 Å². The molecule has 0 saturated heterocycles. The maximum absolute atomic E-state index is 11.2. The minimum Gasteiger partial charge on any atom is -0.338 e. The first kappa shape index (κ1) is 15.4. The summed E-state index contributed by atoms with van der Waals surface area (Å²) in [6.07, 6.45) is 5.91. The minimum atomic E-state index is -0.667. The number of amides is 2. The maximum atomic E-state index is 11.2. The van der Waals surface area contributed by atoms with Crippen molar-refractivity contribution in [2.75, 3.05) is 18.6 Å². The van der Waals surface area contributed by atoms with E-state index in [4.69, 9.17) is 0 Å². The van der Waals surface area contributed by atoms with Crippen molar-refractivity contribution >= 4 is 16.8 Å². The van der Waals surface area contributed by atoms with Gasteiger partial charge in [0.15, 0.2) is 0 Å². The zero-order chi connectivity index (χ0) is 12.4. The van der Waals surface area contributed by atoms with Gasteiger partial charge in [-0.2, -0.15) is 0 Å². The standard InChI is InChI=1S/C11H24N2O2S/c1-10(2)13-11(14)12-8-6-4-5-7-9-16(3)15/h10H,4-9H2,1-3H3,(H2,12,13,14)/t16-/m0/s1. The molecule has 2 amide bonds. The molecule has 0 bridgehead atoms. The Bertz CT molecular complexity index is 220. The van der Waals surface area contributed by atoms with E-state index >= 15 is 0 Å². The number of hydrogen-bond donors (Lipinski definition) is 2. The first-order valence-corrected chi connectivity index (χ1v) is 7.59. The van der Waals surface area contributed by atoms with Crippen LogP contribution in [0, 0.1) is 0 Å². The van der Waals surface area contributed by atoms with Crippen molar-refractivity contribution in [3.63, 3.8) is 0 Å². The fraction of sp³-hybridized carbons (Fsp3) is 0.909. The van der Waals surface area contributed by atoms with Gasteiger partial charge in [-0.05, 0) is 26.7 Å². The predicted octanol–water partition coefficient (Wildman–Crippen LogP) is 1.63. The van der Waals surface area contributed by atoms with Crippen LogP contribution in [0.1, 0.15) is 39.5 Å². The summed E-state index contributed by atoms with van der Waals surface area (Å²) in [7, 11) is -0.667. The van der Waals surface area contributed by atoms with E-state index in [1.54, 1.807) is 6.26 Å². The van der Waals surface area contributed by atoms with E-state index in [0.717, 1.165) is 31.4 Å². The molecule has 96 valence electrons. The molecule has 0 spiro atoms. The molecule has 0 heterocycles. The Labute approximate surface area is 101 Å². The topological polar surface area (TPSA) is 58.2 Å². The maximum Gasteiger partial charge on any atom is 0.314 e. The van der Waals surface area contributed by atoms with Crippen LogP contribution in [-0.4, -0.2) is 34.8 Å². The molecule has 0 fully saturated rings. The van der Waals surface area contributed by atoms with Crippen molar-refractivity contribution in [3.05, 3.63) is 0 Å². The molecule has 5 heteroatoms. The molecule has 0 aromatic carbocycles. The molecule has 1 atom stereocenters. The third-order valence-corrected chi connectivity index (χ3v) is 2.93. The van der Waals surface area contributed by atoms with E-state index in [-0.39, 0.29) is 12.1 Å². The summed E-state index contributed by atoms with van der Waals surface area (Å²) in [4.78, 5) is 11.2. The van der Waals surface area contributed by atoms with Crippen molar-refractivity contribution in [1.82, 2.24) is 10.6 Å². The van der Waals surface area contributed by atoms with Crippen molar-refractivity contribution in [2.45, 2.75) is 45.6 Å². The Kier molecular flexibility index (Phi) is 9.28. The number of nitrogens with one attached hydrogen (secondary N) is 2. The Morgan fingerprint density at radius 3 is 2.38 bits per heavy atom. The van der Waals surface area contributed by atoms with Crippen LogP contribution in [0.4, 0.5) is 4.79 Å². The molecule has 0 aliphatic carbocycles. The van der Waals surface area contributed by atoms with Gasteiger partial charge in [-0.1, -0.05) is 12.8 Å². The highest BCUT2D eigenvalue weighted by molar-refractivity contribution is 7.84. The number of unbranched alkanes of at least 4 members (excludes halogenated alkanes) is 3. The van der Waals surface area contributed by atoms with E-state index in [9.17, 15) is 9.00 Å². The summed E-state index contributed by atoms with van der Waals surface area (Å²) in [6.45, 7) is 4.59. The Hall–Kier alpha value is -0.580. The Balaban J connectivity index is 3.20. The lowest BCUT2D eigenvalue weighted by Crippen LogP contribution is -2.39. The van der Waals surface area contributed by atoms with Gasteiger partial charge in [-0.25, -0.2) is 4.79 Å². The highest BCUT2D eigenvalue weighted by Crippen LogP contribution is 1.99. The minimum absolute atomic E-state index is 0.0929. The van der Waals surface area contributed by atoms with Gasteiger partial charge in [0, 0.05) is 35.4 Å². The third kappa shape index (κ3) is 11.5. The van der Waals surface area contributed by atoms with Gasteiger partial charge in [0.1, 0.15) is 0 Å². The second-order valence-electron chi connectivity index (χ2n) is 4.25. The monoisotopic (exact) mass is 248 g/mol. The zero-order valence-electron chi connectivity index (χ0n) is 10.5. The number of hydrogen-bond acceptors (Lipinski definition) is 2. The molecular formula is C11H24N2O2S. The molecule has 16 heavy (non-hydrogen) atoms. The van der Waals surface area contributed by atoms with E-state index in [2.05, 4.69) is 10.6 Å². The van der Waals surface area contributed by atoms with Gasteiger partial charge in [0.25, 0.3) is 0 Å². The quantitative estimate of drug-likeness (QED) is 0.641. The van der Waals surface area contributed by atoms with Crippen LogP contribution in [-0.2, 0) is 10.8 Å². The fourth-order valence-electron chi connectivity index (χ4n) is 1.30. The molecule has 0 aromatic heterocycles. The third-order valence-electron chi connectivity index (χ3n) is 2.06. The molecule has 0 radical (unpaired) electrons. The smallest absolute Gasteiger partial charge is 0.314 e. The number of carbonyl (C=O) groups is 1. The summed E-state index contributed by atoms with van der Waals surface area (Å²) in [5.41, 5.74) is 0. The first-order chi connectivity index (χ1) is 7.52. The second kappa shape index (κ2) is 9.63. The van der Waals surface area contributed by atoms with Crippen LogP contribution < -0.4 is 10.6 Å². The van der Waals surface area contributed by atoms with Crippen LogP contribution in [0.3, 0.4) is 0 Å². The predicted molar refractivity (Wildman–Crippen MR) is 69.1 cm³/mol. The second-order valence-corrected chi connectivity index (χ2v) is 5.80. The molecule has 0 aromatic rings. The molecule has 4 nitrogen and oxygen atoms in total. The fourth-order valence-corrected chi connectivity index (χ4v) is 1.91. The Morgan fingerprint density at radius 1 is 1.19 bits per heavy atom. The molecule has 0 saturated carbocycles. The summed E-state index contributed by atoms with van der Waals surface area (Å²) in [5, 5.41) is 5.57.